The topological polar surface area (TPSA) is 56.8 Å². The lowest BCUT2D eigenvalue weighted by Crippen LogP contribution is -2.35. The molecule has 0 spiro atoms. The monoisotopic (exact) mass is 267 g/mol. The zero-order valence-corrected chi connectivity index (χ0v) is 11.9. The van der Waals surface area contributed by atoms with Crippen molar-refractivity contribution < 1.29 is 19.0 Å². The van der Waals surface area contributed by atoms with E-state index in [-0.39, 0.29) is 5.91 Å². The standard InChI is InChI=1S/C14H21NO4/c1-10-5-6-11(7-12(10)17-2)8-13(16)15-9-14(18-3)19-4/h5-7,14H,8-9H2,1-4H3,(H,15,16). The van der Waals surface area contributed by atoms with E-state index >= 15 is 0 Å². The zero-order chi connectivity index (χ0) is 14.3. The van der Waals surface area contributed by atoms with Crippen LogP contribution in [0, 0.1) is 6.92 Å². The number of ether oxygens (including phenoxy) is 3. The second kappa shape index (κ2) is 7.76. The zero-order valence-electron chi connectivity index (χ0n) is 11.9. The molecule has 0 aromatic heterocycles. The van der Waals surface area contributed by atoms with Crippen LogP contribution in [0.3, 0.4) is 0 Å². The molecule has 1 rings (SSSR count). The maximum Gasteiger partial charge on any atom is 0.224 e. The molecule has 0 aliphatic rings. The summed E-state index contributed by atoms with van der Waals surface area (Å²) in [5.41, 5.74) is 1.96. The number of carbonyl (C=O) groups is 1. The molecule has 5 nitrogen and oxygen atoms in total. The van der Waals surface area contributed by atoms with Crippen molar-refractivity contribution in [2.24, 2.45) is 0 Å². The van der Waals surface area contributed by atoms with Gasteiger partial charge in [0.2, 0.25) is 5.91 Å². The van der Waals surface area contributed by atoms with Gasteiger partial charge in [-0.1, -0.05) is 12.1 Å². The lowest BCUT2D eigenvalue weighted by atomic mass is 10.1. The van der Waals surface area contributed by atoms with Crippen LogP contribution in [0.4, 0.5) is 0 Å². The van der Waals surface area contributed by atoms with Gasteiger partial charge in [-0.2, -0.15) is 0 Å². The largest absolute Gasteiger partial charge is 0.496 e. The van der Waals surface area contributed by atoms with Crippen LogP contribution in [0.1, 0.15) is 11.1 Å². The lowest BCUT2D eigenvalue weighted by molar-refractivity contribution is -0.126. The maximum atomic E-state index is 11.8. The molecule has 1 N–H and O–H groups in total. The highest BCUT2D eigenvalue weighted by Crippen LogP contribution is 2.19. The number of rotatable bonds is 7. The lowest BCUT2D eigenvalue weighted by Gasteiger charge is -2.14. The maximum absolute atomic E-state index is 11.8. The summed E-state index contributed by atoms with van der Waals surface area (Å²) in [7, 11) is 4.68. The number of hydrogen-bond acceptors (Lipinski definition) is 4. The fourth-order valence-corrected chi connectivity index (χ4v) is 1.68. The molecule has 0 aliphatic carbocycles. The van der Waals surface area contributed by atoms with E-state index in [1.54, 1.807) is 7.11 Å². The van der Waals surface area contributed by atoms with Crippen LogP contribution >= 0.6 is 0 Å². The van der Waals surface area contributed by atoms with Crippen LogP contribution in [0.15, 0.2) is 18.2 Å². The van der Waals surface area contributed by atoms with Gasteiger partial charge in [0.25, 0.3) is 0 Å². The molecule has 1 aromatic carbocycles. The molecule has 0 fully saturated rings. The summed E-state index contributed by atoms with van der Waals surface area (Å²) >= 11 is 0. The SMILES string of the molecule is COc1cc(CC(=O)NCC(OC)OC)ccc1C. The number of carbonyl (C=O) groups excluding carboxylic acids is 1. The third kappa shape index (κ3) is 4.89. The number of methoxy groups -OCH3 is 3. The van der Waals surface area contributed by atoms with Gasteiger partial charge >= 0.3 is 0 Å². The predicted molar refractivity (Wildman–Crippen MR) is 72.3 cm³/mol. The Labute approximate surface area is 113 Å². The first-order valence-corrected chi connectivity index (χ1v) is 6.06. The Bertz CT molecular complexity index is 416. The summed E-state index contributed by atoms with van der Waals surface area (Å²) in [5, 5.41) is 2.76. The molecule has 0 saturated heterocycles. The summed E-state index contributed by atoms with van der Waals surface area (Å²) in [6, 6.07) is 5.73. The molecule has 0 saturated carbocycles. The first kappa shape index (κ1) is 15.5. The van der Waals surface area contributed by atoms with Gasteiger partial charge in [-0.05, 0) is 24.1 Å². The van der Waals surface area contributed by atoms with E-state index in [9.17, 15) is 4.79 Å². The molecule has 0 aliphatic heterocycles. The third-order valence-electron chi connectivity index (χ3n) is 2.83. The highest BCUT2D eigenvalue weighted by atomic mass is 16.7. The Hall–Kier alpha value is -1.59. The van der Waals surface area contributed by atoms with E-state index in [0.717, 1.165) is 16.9 Å². The molecule has 0 atom stereocenters. The smallest absolute Gasteiger partial charge is 0.224 e. The van der Waals surface area contributed by atoms with Gasteiger partial charge < -0.3 is 19.5 Å². The Kier molecular flexibility index (Phi) is 6.32. The van der Waals surface area contributed by atoms with Crippen LogP contribution in [-0.2, 0) is 20.7 Å². The van der Waals surface area contributed by atoms with E-state index in [1.807, 2.05) is 25.1 Å². The Morgan fingerprint density at radius 3 is 2.53 bits per heavy atom. The molecule has 0 bridgehead atoms. The first-order chi connectivity index (χ1) is 9.10. The summed E-state index contributed by atoms with van der Waals surface area (Å²) in [4.78, 5) is 11.8. The Morgan fingerprint density at radius 2 is 1.95 bits per heavy atom. The number of aryl methyl sites for hydroxylation is 1. The molecule has 106 valence electrons. The van der Waals surface area contributed by atoms with Gasteiger partial charge in [0.15, 0.2) is 6.29 Å². The summed E-state index contributed by atoms with van der Waals surface area (Å²) < 4.78 is 15.2. The van der Waals surface area contributed by atoms with Crippen LogP contribution in [-0.4, -0.2) is 40.1 Å². The van der Waals surface area contributed by atoms with Crippen molar-refractivity contribution in [3.8, 4) is 5.75 Å². The quantitative estimate of drug-likeness (QED) is 0.756. The number of hydrogen-bond donors (Lipinski definition) is 1. The van der Waals surface area contributed by atoms with Gasteiger partial charge in [-0.15, -0.1) is 0 Å². The Morgan fingerprint density at radius 1 is 1.26 bits per heavy atom. The van der Waals surface area contributed by atoms with E-state index in [0.29, 0.717) is 13.0 Å². The molecule has 0 unspecified atom stereocenters. The van der Waals surface area contributed by atoms with Crippen LogP contribution in [0.25, 0.3) is 0 Å². The fourth-order valence-electron chi connectivity index (χ4n) is 1.68. The number of amides is 1. The van der Waals surface area contributed by atoms with Crippen molar-refractivity contribution in [3.05, 3.63) is 29.3 Å². The molecule has 19 heavy (non-hydrogen) atoms. The highest BCUT2D eigenvalue weighted by molar-refractivity contribution is 5.78. The van der Waals surface area contributed by atoms with Gasteiger partial charge in [-0.3, -0.25) is 4.79 Å². The van der Waals surface area contributed by atoms with E-state index in [1.165, 1.54) is 14.2 Å². The van der Waals surface area contributed by atoms with Crippen molar-refractivity contribution in [1.82, 2.24) is 5.32 Å². The van der Waals surface area contributed by atoms with Crippen LogP contribution < -0.4 is 10.1 Å². The molecule has 0 heterocycles. The second-order valence-corrected chi connectivity index (χ2v) is 4.19. The predicted octanol–water partition coefficient (Wildman–Crippen LogP) is 1.28. The van der Waals surface area contributed by atoms with Gasteiger partial charge in [-0.25, -0.2) is 0 Å². The van der Waals surface area contributed by atoms with Crippen molar-refractivity contribution in [2.75, 3.05) is 27.9 Å². The minimum absolute atomic E-state index is 0.0787. The minimum atomic E-state index is -0.420. The van der Waals surface area contributed by atoms with Crippen molar-refractivity contribution >= 4 is 5.91 Å². The summed E-state index contributed by atoms with van der Waals surface area (Å²) in [6.07, 6.45) is -0.118. The fraction of sp³-hybridized carbons (Fsp3) is 0.500. The normalized spacial score (nSPS) is 10.6. The minimum Gasteiger partial charge on any atom is -0.496 e. The second-order valence-electron chi connectivity index (χ2n) is 4.19. The van der Waals surface area contributed by atoms with Crippen molar-refractivity contribution in [1.29, 1.82) is 0 Å². The number of nitrogens with one attached hydrogen (secondary N) is 1. The van der Waals surface area contributed by atoms with Gasteiger partial charge in [0.05, 0.1) is 20.1 Å². The van der Waals surface area contributed by atoms with E-state index < -0.39 is 6.29 Å². The average molecular weight is 267 g/mol. The Balaban J connectivity index is 2.52. The molecular formula is C14H21NO4. The third-order valence-corrected chi connectivity index (χ3v) is 2.83. The van der Waals surface area contributed by atoms with Crippen molar-refractivity contribution in [2.45, 2.75) is 19.6 Å². The van der Waals surface area contributed by atoms with Crippen LogP contribution in [0.5, 0.6) is 5.75 Å². The molecular weight excluding hydrogens is 246 g/mol. The van der Waals surface area contributed by atoms with Crippen molar-refractivity contribution in [3.63, 3.8) is 0 Å². The number of benzene rings is 1. The molecule has 1 amide bonds. The van der Waals surface area contributed by atoms with Gasteiger partial charge in [0, 0.05) is 14.2 Å². The highest BCUT2D eigenvalue weighted by Gasteiger charge is 2.09. The molecule has 0 radical (unpaired) electrons. The average Bonchev–Trinajstić information content (AvgIpc) is 2.42. The van der Waals surface area contributed by atoms with Gasteiger partial charge in [0.1, 0.15) is 5.75 Å². The summed E-state index contributed by atoms with van der Waals surface area (Å²) in [5.74, 6) is 0.710. The van der Waals surface area contributed by atoms with E-state index in [4.69, 9.17) is 14.2 Å². The molecule has 5 heteroatoms. The van der Waals surface area contributed by atoms with Crippen LogP contribution in [0.2, 0.25) is 0 Å². The molecule has 1 aromatic rings. The first-order valence-electron chi connectivity index (χ1n) is 6.06. The summed E-state index contributed by atoms with van der Waals surface area (Å²) in [6.45, 7) is 2.29. The van der Waals surface area contributed by atoms with E-state index in [2.05, 4.69) is 5.32 Å².